The van der Waals surface area contributed by atoms with Crippen LogP contribution in [0.15, 0.2) is 0 Å². The fourth-order valence-corrected chi connectivity index (χ4v) is 1.48. The van der Waals surface area contributed by atoms with Crippen LogP contribution in [0, 0.1) is 5.92 Å². The number of nitrogens with one attached hydrogen (secondary N) is 1. The number of likely N-dealkylation sites (N-methyl/N-ethyl adjacent to an activating group) is 1. The predicted octanol–water partition coefficient (Wildman–Crippen LogP) is 1.56. The van der Waals surface area contributed by atoms with Gasteiger partial charge in [-0.3, -0.25) is 10.1 Å². The lowest BCUT2D eigenvalue weighted by Crippen LogP contribution is -2.50. The van der Waals surface area contributed by atoms with Gasteiger partial charge in [-0.25, -0.2) is 4.79 Å². The number of alkyl carbamates (subject to hydrolysis) is 1. The molecule has 0 aliphatic rings. The number of rotatable bonds is 4. The molecule has 106 valence electrons. The predicted molar refractivity (Wildman–Crippen MR) is 67.8 cm³/mol. The molecule has 0 spiro atoms. The summed E-state index contributed by atoms with van der Waals surface area (Å²) in [6, 6.07) is -0.553. The number of hydroxylamine groups is 2. The van der Waals surface area contributed by atoms with Crippen molar-refractivity contribution in [3.63, 3.8) is 0 Å². The van der Waals surface area contributed by atoms with Crippen LogP contribution in [0.2, 0.25) is 0 Å². The molecule has 0 saturated heterocycles. The zero-order valence-electron chi connectivity index (χ0n) is 12.2. The van der Waals surface area contributed by atoms with Gasteiger partial charge >= 0.3 is 6.09 Å². The third-order valence-electron chi connectivity index (χ3n) is 2.20. The van der Waals surface area contributed by atoms with Crippen LogP contribution in [0.4, 0.5) is 4.79 Å². The summed E-state index contributed by atoms with van der Waals surface area (Å²) in [5.74, 6) is -0.444. The van der Waals surface area contributed by atoms with Crippen molar-refractivity contribution in [2.45, 2.75) is 46.3 Å². The fourth-order valence-electron chi connectivity index (χ4n) is 1.48. The van der Waals surface area contributed by atoms with E-state index in [2.05, 4.69) is 5.32 Å². The van der Waals surface area contributed by atoms with Gasteiger partial charge in [-0.2, -0.15) is 5.06 Å². The van der Waals surface area contributed by atoms with Crippen LogP contribution < -0.4 is 5.32 Å². The molecule has 0 saturated carbocycles. The molecular weight excluding hydrogens is 236 g/mol. The standard InChI is InChI=1S/C12H24N2O4/c1-8(2)9(14(6)17-7)10(15)13-11(16)18-12(3,4)5/h8-9H,1-7H3,(H,13,15,16)/t9-/m0/s1. The average molecular weight is 260 g/mol. The van der Waals surface area contributed by atoms with Crippen LogP contribution in [0.25, 0.3) is 0 Å². The van der Waals surface area contributed by atoms with Gasteiger partial charge in [-0.15, -0.1) is 0 Å². The number of carbonyl (C=O) groups excluding carboxylic acids is 2. The lowest BCUT2D eigenvalue weighted by Gasteiger charge is -2.28. The van der Waals surface area contributed by atoms with Crippen LogP contribution in [0.1, 0.15) is 34.6 Å². The molecule has 0 heterocycles. The fraction of sp³-hybridized carbons (Fsp3) is 0.833. The van der Waals surface area contributed by atoms with E-state index >= 15 is 0 Å². The van der Waals surface area contributed by atoms with Crippen molar-refractivity contribution in [1.82, 2.24) is 10.4 Å². The second kappa shape index (κ2) is 6.70. The van der Waals surface area contributed by atoms with Crippen molar-refractivity contribution in [3.05, 3.63) is 0 Å². The second-order valence-electron chi connectivity index (χ2n) is 5.41. The smallest absolute Gasteiger partial charge is 0.414 e. The number of ether oxygens (including phenoxy) is 1. The van der Waals surface area contributed by atoms with Gasteiger partial charge in [-0.05, 0) is 26.7 Å². The Kier molecular flexibility index (Phi) is 6.28. The topological polar surface area (TPSA) is 67.9 Å². The van der Waals surface area contributed by atoms with Crippen molar-refractivity contribution in [1.29, 1.82) is 0 Å². The van der Waals surface area contributed by atoms with Crippen LogP contribution in [-0.2, 0) is 14.4 Å². The van der Waals surface area contributed by atoms with Crippen molar-refractivity contribution < 1.29 is 19.2 Å². The highest BCUT2D eigenvalue weighted by molar-refractivity contribution is 5.95. The van der Waals surface area contributed by atoms with E-state index in [1.165, 1.54) is 12.2 Å². The second-order valence-corrected chi connectivity index (χ2v) is 5.41. The first-order chi connectivity index (χ1) is 8.08. The van der Waals surface area contributed by atoms with Gasteiger partial charge in [0.15, 0.2) is 0 Å². The average Bonchev–Trinajstić information content (AvgIpc) is 2.13. The minimum Gasteiger partial charge on any atom is -0.444 e. The number of hydrogen-bond donors (Lipinski definition) is 1. The summed E-state index contributed by atoms with van der Waals surface area (Å²) >= 11 is 0. The van der Waals surface area contributed by atoms with E-state index in [1.807, 2.05) is 13.8 Å². The zero-order valence-corrected chi connectivity index (χ0v) is 12.2. The molecule has 0 bridgehead atoms. The summed E-state index contributed by atoms with van der Waals surface area (Å²) in [6.45, 7) is 8.94. The van der Waals surface area contributed by atoms with E-state index in [0.717, 1.165) is 0 Å². The maximum atomic E-state index is 11.9. The van der Waals surface area contributed by atoms with Crippen LogP contribution in [0.3, 0.4) is 0 Å². The Morgan fingerprint density at radius 2 is 1.72 bits per heavy atom. The molecule has 0 aromatic carbocycles. The maximum Gasteiger partial charge on any atom is 0.414 e. The van der Waals surface area contributed by atoms with Crippen molar-refractivity contribution >= 4 is 12.0 Å². The first-order valence-corrected chi connectivity index (χ1v) is 5.89. The molecule has 0 aromatic heterocycles. The summed E-state index contributed by atoms with van der Waals surface area (Å²) in [5.41, 5.74) is -0.634. The largest absolute Gasteiger partial charge is 0.444 e. The van der Waals surface area contributed by atoms with Crippen molar-refractivity contribution in [2.24, 2.45) is 5.92 Å². The molecule has 0 fully saturated rings. The van der Waals surface area contributed by atoms with Gasteiger partial charge in [0.05, 0.1) is 7.11 Å². The molecule has 0 rings (SSSR count). The molecule has 1 N–H and O–H groups in total. The Bertz CT molecular complexity index is 297. The number of hydrogen-bond acceptors (Lipinski definition) is 5. The molecule has 0 aliphatic heterocycles. The third kappa shape index (κ3) is 5.97. The number of nitrogens with zero attached hydrogens (tertiary/aromatic N) is 1. The normalized spacial score (nSPS) is 13.6. The molecule has 0 radical (unpaired) electrons. The molecule has 18 heavy (non-hydrogen) atoms. The Morgan fingerprint density at radius 1 is 1.22 bits per heavy atom. The van der Waals surface area contributed by atoms with E-state index in [9.17, 15) is 9.59 Å². The monoisotopic (exact) mass is 260 g/mol. The van der Waals surface area contributed by atoms with Crippen molar-refractivity contribution in [3.8, 4) is 0 Å². The molecular formula is C12H24N2O4. The van der Waals surface area contributed by atoms with Crippen molar-refractivity contribution in [2.75, 3.05) is 14.2 Å². The quantitative estimate of drug-likeness (QED) is 0.777. The summed E-state index contributed by atoms with van der Waals surface area (Å²) < 4.78 is 5.02. The highest BCUT2D eigenvalue weighted by Gasteiger charge is 2.29. The van der Waals surface area contributed by atoms with E-state index in [-0.39, 0.29) is 5.92 Å². The molecule has 0 aliphatic carbocycles. The summed E-state index contributed by atoms with van der Waals surface area (Å²) in [4.78, 5) is 28.4. The molecule has 2 amide bonds. The van der Waals surface area contributed by atoms with Gasteiger partial charge in [-0.1, -0.05) is 13.8 Å². The minimum atomic E-state index is -0.748. The summed E-state index contributed by atoms with van der Waals surface area (Å²) in [7, 11) is 3.11. The summed E-state index contributed by atoms with van der Waals surface area (Å²) in [6.07, 6.45) is -0.748. The molecule has 1 atom stereocenters. The number of carbonyl (C=O) groups is 2. The molecule has 6 heteroatoms. The lowest BCUT2D eigenvalue weighted by molar-refractivity contribution is -0.167. The van der Waals surface area contributed by atoms with E-state index in [0.29, 0.717) is 0 Å². The molecule has 6 nitrogen and oxygen atoms in total. The lowest BCUT2D eigenvalue weighted by atomic mass is 10.0. The Hall–Kier alpha value is -1.14. The first-order valence-electron chi connectivity index (χ1n) is 5.89. The van der Waals surface area contributed by atoms with Crippen LogP contribution in [0.5, 0.6) is 0 Å². The van der Waals surface area contributed by atoms with Gasteiger partial charge in [0.1, 0.15) is 11.6 Å². The molecule has 0 unspecified atom stereocenters. The minimum absolute atomic E-state index is 0.00242. The van der Waals surface area contributed by atoms with E-state index < -0.39 is 23.6 Å². The van der Waals surface area contributed by atoms with Gasteiger partial charge in [0.25, 0.3) is 0 Å². The van der Waals surface area contributed by atoms with Gasteiger partial charge < -0.3 is 9.57 Å². The van der Waals surface area contributed by atoms with Gasteiger partial charge in [0, 0.05) is 7.05 Å². The Morgan fingerprint density at radius 3 is 2.06 bits per heavy atom. The highest BCUT2D eigenvalue weighted by atomic mass is 16.7. The number of imide groups is 1. The highest BCUT2D eigenvalue weighted by Crippen LogP contribution is 2.10. The van der Waals surface area contributed by atoms with Crippen LogP contribution >= 0.6 is 0 Å². The molecule has 0 aromatic rings. The van der Waals surface area contributed by atoms with E-state index in [1.54, 1.807) is 27.8 Å². The number of amides is 2. The van der Waals surface area contributed by atoms with Crippen LogP contribution in [-0.4, -0.2) is 42.9 Å². The zero-order chi connectivity index (χ0) is 14.5. The maximum absolute atomic E-state index is 11.9. The Balaban J connectivity index is 4.58. The van der Waals surface area contributed by atoms with Gasteiger partial charge in [0.2, 0.25) is 5.91 Å². The third-order valence-corrected chi connectivity index (χ3v) is 2.20. The Labute approximate surface area is 109 Å². The summed E-state index contributed by atoms with van der Waals surface area (Å²) in [5, 5.41) is 3.62. The van der Waals surface area contributed by atoms with E-state index in [4.69, 9.17) is 9.57 Å². The first kappa shape index (κ1) is 16.9. The SMILES string of the molecule is CON(C)[C@H](C(=O)NC(=O)OC(C)(C)C)C(C)C.